The van der Waals surface area contributed by atoms with Crippen molar-refractivity contribution in [1.29, 1.82) is 0 Å². The van der Waals surface area contributed by atoms with E-state index in [0.717, 1.165) is 11.6 Å². The average molecular weight is 179 g/mol. The van der Waals surface area contributed by atoms with Crippen molar-refractivity contribution in [3.63, 3.8) is 0 Å². The van der Waals surface area contributed by atoms with Crippen LogP contribution in [0.15, 0.2) is 0 Å². The molecule has 0 bridgehead atoms. The lowest BCUT2D eigenvalue weighted by molar-refractivity contribution is 0.562. The molecule has 1 heterocycles. The van der Waals surface area contributed by atoms with E-state index >= 15 is 0 Å². The van der Waals surface area contributed by atoms with E-state index in [1.807, 2.05) is 6.92 Å². The summed E-state index contributed by atoms with van der Waals surface area (Å²) in [6, 6.07) is 0. The number of aryl methyl sites for hydroxylation is 1. The third kappa shape index (κ3) is 2.08. The quantitative estimate of drug-likeness (QED) is 0.673. The highest BCUT2D eigenvalue weighted by atomic mass is 15.2. The minimum atomic E-state index is 0.618. The smallest absolute Gasteiger partial charge is 0.153 e. The van der Waals surface area contributed by atoms with Crippen molar-refractivity contribution in [2.45, 2.75) is 51.4 Å². The predicted molar refractivity (Wildman–Crippen MR) is 51.6 cm³/mol. The first-order valence-corrected chi connectivity index (χ1v) is 5.25. The fourth-order valence-electron chi connectivity index (χ4n) is 2.08. The Morgan fingerprint density at radius 3 is 2.38 bits per heavy atom. The van der Waals surface area contributed by atoms with E-state index < -0.39 is 0 Å². The Kier molecular flexibility index (Phi) is 2.62. The topological polar surface area (TPSA) is 41.6 Å². The van der Waals surface area contributed by atoms with Crippen LogP contribution in [-0.2, 0) is 0 Å². The molecule has 72 valence electrons. The van der Waals surface area contributed by atoms with Crippen LogP contribution in [0.3, 0.4) is 0 Å². The van der Waals surface area contributed by atoms with Crippen LogP contribution in [0.2, 0.25) is 0 Å². The molecule has 13 heavy (non-hydrogen) atoms. The van der Waals surface area contributed by atoms with E-state index in [-0.39, 0.29) is 0 Å². The van der Waals surface area contributed by atoms with E-state index in [4.69, 9.17) is 0 Å². The molecule has 0 atom stereocenters. The van der Waals surface area contributed by atoms with Crippen molar-refractivity contribution < 1.29 is 0 Å². The summed E-state index contributed by atoms with van der Waals surface area (Å²) in [7, 11) is 0. The summed E-state index contributed by atoms with van der Waals surface area (Å²) >= 11 is 0. The molecule has 3 heteroatoms. The summed E-state index contributed by atoms with van der Waals surface area (Å²) in [5.41, 5.74) is 0. The maximum atomic E-state index is 4.41. The van der Waals surface area contributed by atoms with Crippen LogP contribution in [0.25, 0.3) is 0 Å². The Hall–Kier alpha value is -0.860. The fraction of sp³-hybridized carbons (Fsp3) is 0.800. The first-order valence-electron chi connectivity index (χ1n) is 5.25. The summed E-state index contributed by atoms with van der Waals surface area (Å²) in [6.07, 6.45) is 8.02. The van der Waals surface area contributed by atoms with Gasteiger partial charge in [-0.1, -0.05) is 25.7 Å². The van der Waals surface area contributed by atoms with Crippen molar-refractivity contribution in [2.24, 2.45) is 0 Å². The second-order valence-corrected chi connectivity index (χ2v) is 3.97. The third-order valence-electron chi connectivity index (χ3n) is 2.83. The number of hydrogen-bond donors (Lipinski definition) is 1. The molecular formula is C10H17N3. The summed E-state index contributed by atoms with van der Waals surface area (Å²) in [5, 5.41) is 7.17. The third-order valence-corrected chi connectivity index (χ3v) is 2.83. The van der Waals surface area contributed by atoms with Crippen LogP contribution in [0.1, 0.15) is 56.1 Å². The van der Waals surface area contributed by atoms with Gasteiger partial charge in [0.25, 0.3) is 0 Å². The Balaban J connectivity index is 2.06. The largest absolute Gasteiger partial charge is 0.263 e. The monoisotopic (exact) mass is 179 g/mol. The normalized spacial score (nSPS) is 20.1. The Bertz CT molecular complexity index is 259. The van der Waals surface area contributed by atoms with Crippen LogP contribution in [0, 0.1) is 6.92 Å². The number of nitrogens with one attached hydrogen (secondary N) is 1. The highest BCUT2D eigenvalue weighted by Crippen LogP contribution is 2.29. The Morgan fingerprint density at radius 2 is 1.85 bits per heavy atom. The van der Waals surface area contributed by atoms with Crippen molar-refractivity contribution >= 4 is 0 Å². The molecule has 2 rings (SSSR count). The number of hydrogen-bond acceptors (Lipinski definition) is 2. The van der Waals surface area contributed by atoms with Crippen LogP contribution in [0.4, 0.5) is 0 Å². The van der Waals surface area contributed by atoms with Gasteiger partial charge in [0.1, 0.15) is 5.82 Å². The molecule has 0 saturated heterocycles. The molecule has 0 aromatic carbocycles. The van der Waals surface area contributed by atoms with Gasteiger partial charge in [0.15, 0.2) is 5.82 Å². The second-order valence-electron chi connectivity index (χ2n) is 3.97. The van der Waals surface area contributed by atoms with E-state index in [0.29, 0.717) is 5.92 Å². The zero-order valence-corrected chi connectivity index (χ0v) is 8.21. The zero-order valence-electron chi connectivity index (χ0n) is 8.21. The number of H-pyrrole nitrogens is 1. The van der Waals surface area contributed by atoms with Crippen molar-refractivity contribution in [2.75, 3.05) is 0 Å². The van der Waals surface area contributed by atoms with Gasteiger partial charge < -0.3 is 0 Å². The molecule has 0 unspecified atom stereocenters. The van der Waals surface area contributed by atoms with Crippen molar-refractivity contribution in [1.82, 2.24) is 15.2 Å². The Morgan fingerprint density at radius 1 is 1.15 bits per heavy atom. The number of rotatable bonds is 1. The van der Waals surface area contributed by atoms with Gasteiger partial charge in [-0.25, -0.2) is 4.98 Å². The fourth-order valence-corrected chi connectivity index (χ4v) is 2.08. The molecule has 0 spiro atoms. The number of aromatic nitrogens is 3. The maximum absolute atomic E-state index is 4.41. The van der Waals surface area contributed by atoms with Gasteiger partial charge in [0.05, 0.1) is 0 Å². The summed E-state index contributed by atoms with van der Waals surface area (Å²) < 4.78 is 0. The summed E-state index contributed by atoms with van der Waals surface area (Å²) in [5.74, 6) is 2.60. The number of aromatic amines is 1. The highest BCUT2D eigenvalue weighted by molar-refractivity contribution is 4.97. The van der Waals surface area contributed by atoms with E-state index in [1.165, 1.54) is 38.5 Å². The Labute approximate surface area is 79.0 Å². The molecule has 3 nitrogen and oxygen atoms in total. The van der Waals surface area contributed by atoms with Crippen LogP contribution in [0.5, 0.6) is 0 Å². The van der Waals surface area contributed by atoms with Crippen LogP contribution >= 0.6 is 0 Å². The van der Waals surface area contributed by atoms with E-state index in [2.05, 4.69) is 15.2 Å². The molecular weight excluding hydrogens is 162 g/mol. The van der Waals surface area contributed by atoms with E-state index in [9.17, 15) is 0 Å². The van der Waals surface area contributed by atoms with Crippen molar-refractivity contribution in [3.8, 4) is 0 Å². The molecule has 1 aromatic rings. The average Bonchev–Trinajstić information content (AvgIpc) is 2.43. The molecule has 1 aliphatic rings. The highest BCUT2D eigenvalue weighted by Gasteiger charge is 2.17. The number of nitrogens with zero attached hydrogens (tertiary/aromatic N) is 2. The minimum Gasteiger partial charge on any atom is -0.263 e. The minimum absolute atomic E-state index is 0.618. The molecule has 0 amide bonds. The summed E-state index contributed by atoms with van der Waals surface area (Å²) in [6.45, 7) is 1.97. The molecule has 1 fully saturated rings. The van der Waals surface area contributed by atoms with Gasteiger partial charge in [-0.15, -0.1) is 0 Å². The van der Waals surface area contributed by atoms with Gasteiger partial charge in [-0.3, -0.25) is 5.10 Å². The van der Waals surface area contributed by atoms with Crippen LogP contribution < -0.4 is 0 Å². The van der Waals surface area contributed by atoms with Crippen LogP contribution in [-0.4, -0.2) is 15.2 Å². The molecule has 1 aliphatic carbocycles. The summed E-state index contributed by atoms with van der Waals surface area (Å²) in [4.78, 5) is 4.41. The molecule has 1 saturated carbocycles. The lowest BCUT2D eigenvalue weighted by Gasteiger charge is -2.07. The van der Waals surface area contributed by atoms with Gasteiger partial charge in [-0.2, -0.15) is 5.10 Å². The zero-order chi connectivity index (χ0) is 9.10. The molecule has 1 N–H and O–H groups in total. The van der Waals surface area contributed by atoms with Gasteiger partial charge in [-0.05, 0) is 19.8 Å². The molecule has 0 radical (unpaired) electrons. The van der Waals surface area contributed by atoms with Crippen molar-refractivity contribution in [3.05, 3.63) is 11.6 Å². The molecule has 0 aliphatic heterocycles. The first kappa shape index (κ1) is 8.73. The maximum Gasteiger partial charge on any atom is 0.153 e. The second kappa shape index (κ2) is 3.90. The lowest BCUT2D eigenvalue weighted by Crippen LogP contribution is -1.99. The lowest BCUT2D eigenvalue weighted by atomic mass is 10.00. The predicted octanol–water partition coefficient (Wildman–Crippen LogP) is 2.55. The van der Waals surface area contributed by atoms with Gasteiger partial charge in [0.2, 0.25) is 0 Å². The standard InChI is InChI=1S/C10H17N3/c1-8-11-10(13-12-8)9-6-4-2-3-5-7-9/h9H,2-7H2,1H3,(H,11,12,13). The first-order chi connectivity index (χ1) is 6.36. The molecule has 1 aromatic heterocycles. The van der Waals surface area contributed by atoms with E-state index in [1.54, 1.807) is 0 Å². The van der Waals surface area contributed by atoms with Gasteiger partial charge in [0, 0.05) is 5.92 Å². The van der Waals surface area contributed by atoms with Gasteiger partial charge >= 0.3 is 0 Å². The SMILES string of the molecule is Cc1nc(C2CCCCCC2)n[nH]1.